The Kier molecular flexibility index (Phi) is 9.52. The van der Waals surface area contributed by atoms with Crippen molar-refractivity contribution in [3.8, 4) is 0 Å². The van der Waals surface area contributed by atoms with Crippen LogP contribution < -0.4 is 5.73 Å². The summed E-state index contributed by atoms with van der Waals surface area (Å²) in [7, 11) is 0. The van der Waals surface area contributed by atoms with E-state index in [4.69, 9.17) is 15.2 Å². The maximum absolute atomic E-state index is 10.9. The first-order valence-corrected chi connectivity index (χ1v) is 5.68. The van der Waals surface area contributed by atoms with E-state index >= 15 is 0 Å². The molecule has 0 aromatic carbocycles. The van der Waals surface area contributed by atoms with E-state index in [0.29, 0.717) is 13.2 Å². The van der Waals surface area contributed by atoms with Crippen LogP contribution in [0.3, 0.4) is 0 Å². The van der Waals surface area contributed by atoms with Crippen molar-refractivity contribution < 1.29 is 14.3 Å². The van der Waals surface area contributed by atoms with Gasteiger partial charge >= 0.3 is 5.97 Å². The minimum absolute atomic E-state index is 0.300. The Morgan fingerprint density at radius 3 is 2.53 bits per heavy atom. The first-order chi connectivity index (χ1) is 7.18. The molecular weight excluding hydrogens is 194 g/mol. The number of ether oxygens (including phenoxy) is 2. The van der Waals surface area contributed by atoms with Crippen LogP contribution >= 0.6 is 0 Å². The lowest BCUT2D eigenvalue weighted by atomic mass is 10.2. The summed E-state index contributed by atoms with van der Waals surface area (Å²) in [5.74, 6) is -0.371. The third-order valence-electron chi connectivity index (χ3n) is 1.99. The summed E-state index contributed by atoms with van der Waals surface area (Å²) in [6.07, 6.45) is 4.76. The Morgan fingerprint density at radius 1 is 1.20 bits per heavy atom. The fourth-order valence-electron chi connectivity index (χ4n) is 1.07. The van der Waals surface area contributed by atoms with Crippen molar-refractivity contribution in [3.05, 3.63) is 0 Å². The number of carbonyl (C=O) groups is 1. The molecule has 0 aromatic rings. The Bertz CT molecular complexity index is 160. The first-order valence-electron chi connectivity index (χ1n) is 5.68. The molecule has 15 heavy (non-hydrogen) atoms. The summed E-state index contributed by atoms with van der Waals surface area (Å²) >= 11 is 0. The van der Waals surface area contributed by atoms with Crippen LogP contribution in [-0.2, 0) is 14.3 Å². The molecule has 0 aliphatic heterocycles. The van der Waals surface area contributed by atoms with Gasteiger partial charge < -0.3 is 15.2 Å². The van der Waals surface area contributed by atoms with Gasteiger partial charge in [0.05, 0.1) is 6.61 Å². The summed E-state index contributed by atoms with van der Waals surface area (Å²) in [6, 6.07) is -0.547. The normalized spacial score (nSPS) is 12.5. The van der Waals surface area contributed by atoms with E-state index in [2.05, 4.69) is 6.92 Å². The number of carbonyl (C=O) groups excluding carboxylic acids is 1. The van der Waals surface area contributed by atoms with Gasteiger partial charge in [-0.15, -0.1) is 0 Å². The number of unbranched alkanes of at least 4 members (excludes halogenated alkanes) is 3. The number of nitrogens with two attached hydrogens (primary N) is 1. The predicted molar refractivity (Wildman–Crippen MR) is 59.6 cm³/mol. The molecule has 0 bridgehead atoms. The molecule has 0 unspecified atom stereocenters. The smallest absolute Gasteiger partial charge is 0.322 e. The molecule has 0 saturated carbocycles. The van der Waals surface area contributed by atoms with Crippen molar-refractivity contribution in [1.29, 1.82) is 0 Å². The Morgan fingerprint density at radius 2 is 1.93 bits per heavy atom. The number of hydrogen-bond acceptors (Lipinski definition) is 4. The molecule has 4 heteroatoms. The second-order valence-electron chi connectivity index (χ2n) is 3.63. The molecule has 4 nitrogen and oxygen atoms in total. The topological polar surface area (TPSA) is 61.5 Å². The average Bonchev–Trinajstić information content (AvgIpc) is 2.21. The zero-order chi connectivity index (χ0) is 11.5. The fraction of sp³-hybridized carbons (Fsp3) is 0.909. The van der Waals surface area contributed by atoms with Gasteiger partial charge in [0, 0.05) is 6.61 Å². The third-order valence-corrected chi connectivity index (χ3v) is 1.99. The van der Waals surface area contributed by atoms with Gasteiger partial charge in [-0.2, -0.15) is 0 Å². The zero-order valence-electron chi connectivity index (χ0n) is 9.83. The van der Waals surface area contributed by atoms with Crippen molar-refractivity contribution >= 4 is 5.97 Å². The lowest BCUT2D eigenvalue weighted by Gasteiger charge is -2.07. The van der Waals surface area contributed by atoms with Crippen molar-refractivity contribution in [2.24, 2.45) is 5.73 Å². The summed E-state index contributed by atoms with van der Waals surface area (Å²) < 4.78 is 10.1. The largest absolute Gasteiger partial charge is 0.462 e. The molecule has 0 aromatic heterocycles. The summed E-state index contributed by atoms with van der Waals surface area (Å²) in [6.45, 7) is 5.29. The van der Waals surface area contributed by atoms with Crippen molar-refractivity contribution in [2.75, 3.05) is 19.8 Å². The second-order valence-corrected chi connectivity index (χ2v) is 3.63. The average molecular weight is 217 g/mol. The van der Waals surface area contributed by atoms with Crippen LogP contribution in [-0.4, -0.2) is 31.8 Å². The highest BCUT2D eigenvalue weighted by Gasteiger charge is 2.07. The lowest BCUT2D eigenvalue weighted by molar-refractivity contribution is -0.146. The first kappa shape index (κ1) is 14.4. The van der Waals surface area contributed by atoms with Crippen molar-refractivity contribution in [2.45, 2.75) is 45.6 Å². The van der Waals surface area contributed by atoms with Crippen LogP contribution in [0.15, 0.2) is 0 Å². The van der Waals surface area contributed by atoms with E-state index in [1.165, 1.54) is 19.3 Å². The maximum Gasteiger partial charge on any atom is 0.322 e. The van der Waals surface area contributed by atoms with E-state index < -0.39 is 6.04 Å². The third kappa shape index (κ3) is 9.69. The van der Waals surface area contributed by atoms with Crippen LogP contribution in [0.5, 0.6) is 0 Å². The molecule has 1 atom stereocenters. The van der Waals surface area contributed by atoms with E-state index in [9.17, 15) is 4.79 Å². The van der Waals surface area contributed by atoms with Crippen LogP contribution in [0.1, 0.15) is 39.5 Å². The molecule has 0 rings (SSSR count). The summed E-state index contributed by atoms with van der Waals surface area (Å²) in [4.78, 5) is 10.9. The van der Waals surface area contributed by atoms with Gasteiger partial charge in [-0.25, -0.2) is 0 Å². The van der Waals surface area contributed by atoms with E-state index in [1.54, 1.807) is 6.92 Å². The molecule has 0 aliphatic carbocycles. The van der Waals surface area contributed by atoms with Gasteiger partial charge in [-0.3, -0.25) is 4.79 Å². The van der Waals surface area contributed by atoms with Gasteiger partial charge in [0.2, 0.25) is 0 Å². The quantitative estimate of drug-likeness (QED) is 0.469. The van der Waals surface area contributed by atoms with Crippen molar-refractivity contribution in [3.63, 3.8) is 0 Å². The number of rotatable bonds is 9. The van der Waals surface area contributed by atoms with Gasteiger partial charge in [0.25, 0.3) is 0 Å². The zero-order valence-corrected chi connectivity index (χ0v) is 9.83. The minimum Gasteiger partial charge on any atom is -0.462 e. The standard InChI is InChI=1S/C11H23NO3/c1-3-4-5-6-7-14-8-9-15-11(13)10(2)12/h10H,3-9,12H2,1-2H3/t10-/m0/s1. The van der Waals surface area contributed by atoms with Gasteiger partial charge in [0.15, 0.2) is 0 Å². The van der Waals surface area contributed by atoms with E-state index in [1.807, 2.05) is 0 Å². The van der Waals surface area contributed by atoms with Gasteiger partial charge in [0.1, 0.15) is 12.6 Å². The van der Waals surface area contributed by atoms with Crippen LogP contribution in [0, 0.1) is 0 Å². The van der Waals surface area contributed by atoms with Crippen LogP contribution in [0.2, 0.25) is 0 Å². The molecule has 2 N–H and O–H groups in total. The SMILES string of the molecule is CCCCCCOCCOC(=O)[C@H](C)N. The minimum atomic E-state index is -0.547. The van der Waals surface area contributed by atoms with E-state index in [0.717, 1.165) is 13.0 Å². The highest BCUT2D eigenvalue weighted by molar-refractivity contribution is 5.74. The Hall–Kier alpha value is -0.610. The summed E-state index contributed by atoms with van der Waals surface area (Å²) in [5.41, 5.74) is 5.32. The fourth-order valence-corrected chi connectivity index (χ4v) is 1.07. The van der Waals surface area contributed by atoms with Gasteiger partial charge in [-0.05, 0) is 13.3 Å². The van der Waals surface area contributed by atoms with E-state index in [-0.39, 0.29) is 5.97 Å². The molecule has 90 valence electrons. The summed E-state index contributed by atoms with van der Waals surface area (Å²) in [5, 5.41) is 0. The molecule has 0 saturated heterocycles. The maximum atomic E-state index is 10.9. The molecule has 0 spiro atoms. The molecule has 0 radical (unpaired) electrons. The van der Waals surface area contributed by atoms with Gasteiger partial charge in [-0.1, -0.05) is 26.2 Å². The monoisotopic (exact) mass is 217 g/mol. The number of esters is 1. The molecule has 0 aliphatic rings. The Balaban J connectivity index is 3.08. The molecule has 0 heterocycles. The van der Waals surface area contributed by atoms with Crippen molar-refractivity contribution in [1.82, 2.24) is 0 Å². The Labute approximate surface area is 92.1 Å². The highest BCUT2D eigenvalue weighted by Crippen LogP contribution is 1.98. The molecule has 0 fully saturated rings. The lowest BCUT2D eigenvalue weighted by Crippen LogP contribution is -2.29. The van der Waals surface area contributed by atoms with Crippen LogP contribution in [0.4, 0.5) is 0 Å². The molecule has 0 amide bonds. The number of hydrogen-bond donors (Lipinski definition) is 1. The predicted octanol–water partition coefficient (Wildman–Crippen LogP) is 1.47. The second kappa shape index (κ2) is 9.93. The van der Waals surface area contributed by atoms with Crippen LogP contribution in [0.25, 0.3) is 0 Å². The highest BCUT2D eigenvalue weighted by atomic mass is 16.6. The molecular formula is C11H23NO3.